The number of carbonyl (C=O) groups is 2. The Morgan fingerprint density at radius 2 is 2.00 bits per heavy atom. The summed E-state index contributed by atoms with van der Waals surface area (Å²) in [7, 11) is 0. The zero-order valence-electron chi connectivity index (χ0n) is 12.1. The topological polar surface area (TPSA) is 79.3 Å². The van der Waals surface area contributed by atoms with E-state index in [1.807, 2.05) is 0 Å². The van der Waals surface area contributed by atoms with E-state index in [0.29, 0.717) is 11.3 Å². The molecule has 0 atom stereocenters. The molecule has 1 aliphatic rings. The number of carboxylic acids is 1. The molecular formula is C16H20N2O3. The van der Waals surface area contributed by atoms with Gasteiger partial charge in [-0.15, -0.1) is 0 Å². The van der Waals surface area contributed by atoms with Crippen LogP contribution in [-0.4, -0.2) is 28.0 Å². The number of carbonyl (C=O) groups excluding carboxylic acids is 1. The smallest absolute Gasteiger partial charge is 0.328 e. The Bertz CT molecular complexity index is 529. The van der Waals surface area contributed by atoms with Crippen LogP contribution in [0.1, 0.15) is 48.7 Å². The number of aromatic nitrogens is 1. The Balaban J connectivity index is 1.92. The van der Waals surface area contributed by atoms with Gasteiger partial charge in [-0.05, 0) is 49.3 Å². The molecule has 0 unspecified atom stereocenters. The Morgan fingerprint density at radius 1 is 1.29 bits per heavy atom. The normalized spacial score (nSPS) is 22.1. The maximum atomic E-state index is 12.1. The van der Waals surface area contributed by atoms with E-state index in [1.165, 1.54) is 12.3 Å². The standard InChI is InChI=1S/C16H20N2O3/c1-11-2-6-13(7-3-11)18-16(21)14-8-4-12(10-17-14)5-9-15(19)20/h4-5,8-11,13H,2-3,6-7H2,1H3,(H,18,21)(H,19,20)/b9-5+. The number of aliphatic carboxylic acids is 1. The van der Waals surface area contributed by atoms with E-state index in [9.17, 15) is 9.59 Å². The Kier molecular flexibility index (Phi) is 5.09. The van der Waals surface area contributed by atoms with Crippen molar-refractivity contribution in [3.63, 3.8) is 0 Å². The second-order valence-corrected chi connectivity index (χ2v) is 5.58. The summed E-state index contributed by atoms with van der Waals surface area (Å²) in [4.78, 5) is 26.6. The van der Waals surface area contributed by atoms with Gasteiger partial charge in [0.25, 0.3) is 5.91 Å². The lowest BCUT2D eigenvalue weighted by molar-refractivity contribution is -0.131. The van der Waals surface area contributed by atoms with Gasteiger partial charge >= 0.3 is 5.97 Å². The molecule has 1 aromatic heterocycles. The summed E-state index contributed by atoms with van der Waals surface area (Å²) < 4.78 is 0. The highest BCUT2D eigenvalue weighted by Gasteiger charge is 2.20. The average Bonchev–Trinajstić information content (AvgIpc) is 2.48. The molecule has 0 bridgehead atoms. The van der Waals surface area contributed by atoms with E-state index in [0.717, 1.165) is 37.7 Å². The molecular weight excluding hydrogens is 268 g/mol. The van der Waals surface area contributed by atoms with Gasteiger partial charge in [-0.2, -0.15) is 0 Å². The first kappa shape index (κ1) is 15.2. The number of nitrogens with one attached hydrogen (secondary N) is 1. The van der Waals surface area contributed by atoms with Crippen LogP contribution in [0, 0.1) is 5.92 Å². The second kappa shape index (κ2) is 7.02. The molecule has 5 nitrogen and oxygen atoms in total. The highest BCUT2D eigenvalue weighted by Crippen LogP contribution is 2.23. The zero-order chi connectivity index (χ0) is 15.2. The van der Waals surface area contributed by atoms with Crippen molar-refractivity contribution in [2.75, 3.05) is 0 Å². The number of rotatable bonds is 4. The third kappa shape index (κ3) is 4.70. The molecule has 0 aromatic carbocycles. The quantitative estimate of drug-likeness (QED) is 0.834. The summed E-state index contributed by atoms with van der Waals surface area (Å²) in [6, 6.07) is 3.54. The van der Waals surface area contributed by atoms with Gasteiger partial charge in [-0.1, -0.05) is 13.0 Å². The molecule has 0 spiro atoms. The van der Waals surface area contributed by atoms with Crippen LogP contribution in [0.4, 0.5) is 0 Å². The SMILES string of the molecule is CC1CCC(NC(=O)c2ccc(/C=C/C(=O)O)cn2)CC1. The lowest BCUT2D eigenvalue weighted by Gasteiger charge is -2.26. The first-order chi connectivity index (χ1) is 10.0. The minimum absolute atomic E-state index is 0.164. The number of nitrogens with zero attached hydrogens (tertiary/aromatic N) is 1. The fraction of sp³-hybridized carbons (Fsp3) is 0.438. The van der Waals surface area contributed by atoms with Crippen molar-refractivity contribution in [3.05, 3.63) is 35.7 Å². The fourth-order valence-corrected chi connectivity index (χ4v) is 2.47. The van der Waals surface area contributed by atoms with E-state index >= 15 is 0 Å². The molecule has 0 saturated heterocycles. The van der Waals surface area contributed by atoms with E-state index in [4.69, 9.17) is 5.11 Å². The predicted molar refractivity (Wildman–Crippen MR) is 79.8 cm³/mol. The Labute approximate surface area is 124 Å². The van der Waals surface area contributed by atoms with Crippen LogP contribution in [0.5, 0.6) is 0 Å². The molecule has 1 saturated carbocycles. The summed E-state index contributed by atoms with van der Waals surface area (Å²) >= 11 is 0. The van der Waals surface area contributed by atoms with E-state index in [-0.39, 0.29) is 11.9 Å². The third-order valence-corrected chi connectivity index (χ3v) is 3.79. The lowest BCUT2D eigenvalue weighted by atomic mass is 9.87. The van der Waals surface area contributed by atoms with Crippen LogP contribution in [0.15, 0.2) is 24.4 Å². The molecule has 1 aliphatic carbocycles. The fourth-order valence-electron chi connectivity index (χ4n) is 2.47. The summed E-state index contributed by atoms with van der Waals surface area (Å²) in [6.45, 7) is 2.24. The van der Waals surface area contributed by atoms with Crippen molar-refractivity contribution in [2.24, 2.45) is 5.92 Å². The molecule has 1 heterocycles. The molecule has 0 radical (unpaired) electrons. The molecule has 0 aliphatic heterocycles. The first-order valence-corrected chi connectivity index (χ1v) is 7.22. The number of hydrogen-bond acceptors (Lipinski definition) is 3. The summed E-state index contributed by atoms with van der Waals surface area (Å²) in [5, 5.41) is 11.6. The monoisotopic (exact) mass is 288 g/mol. The molecule has 2 rings (SSSR count). The van der Waals surface area contributed by atoms with Crippen molar-refractivity contribution < 1.29 is 14.7 Å². The number of amides is 1. The first-order valence-electron chi connectivity index (χ1n) is 7.22. The highest BCUT2D eigenvalue weighted by atomic mass is 16.4. The molecule has 21 heavy (non-hydrogen) atoms. The molecule has 5 heteroatoms. The van der Waals surface area contributed by atoms with Crippen molar-refractivity contribution >= 4 is 18.0 Å². The minimum Gasteiger partial charge on any atom is -0.478 e. The van der Waals surface area contributed by atoms with Gasteiger partial charge in [0.05, 0.1) is 0 Å². The van der Waals surface area contributed by atoms with Gasteiger partial charge in [0, 0.05) is 18.3 Å². The van der Waals surface area contributed by atoms with Crippen molar-refractivity contribution in [2.45, 2.75) is 38.6 Å². The van der Waals surface area contributed by atoms with E-state index < -0.39 is 5.97 Å². The van der Waals surface area contributed by atoms with Crippen LogP contribution in [0.25, 0.3) is 6.08 Å². The van der Waals surface area contributed by atoms with Gasteiger partial charge in [0.15, 0.2) is 0 Å². The number of pyridine rings is 1. The number of carboxylic acid groups (broad SMARTS) is 1. The Morgan fingerprint density at radius 3 is 2.57 bits per heavy atom. The molecule has 1 fully saturated rings. The maximum absolute atomic E-state index is 12.1. The van der Waals surface area contributed by atoms with E-state index in [1.54, 1.807) is 12.1 Å². The van der Waals surface area contributed by atoms with Gasteiger partial charge in [0.2, 0.25) is 0 Å². The lowest BCUT2D eigenvalue weighted by Crippen LogP contribution is -2.37. The molecule has 1 amide bonds. The van der Waals surface area contributed by atoms with Crippen LogP contribution in [-0.2, 0) is 4.79 Å². The van der Waals surface area contributed by atoms with Crippen molar-refractivity contribution in [3.8, 4) is 0 Å². The number of hydrogen-bond donors (Lipinski definition) is 2. The highest BCUT2D eigenvalue weighted by molar-refractivity contribution is 5.92. The van der Waals surface area contributed by atoms with Gasteiger partial charge in [0.1, 0.15) is 5.69 Å². The summed E-state index contributed by atoms with van der Waals surface area (Å²) in [5.41, 5.74) is 1.02. The van der Waals surface area contributed by atoms with Crippen molar-refractivity contribution in [1.29, 1.82) is 0 Å². The van der Waals surface area contributed by atoms with Gasteiger partial charge < -0.3 is 10.4 Å². The third-order valence-electron chi connectivity index (χ3n) is 3.79. The molecule has 2 N–H and O–H groups in total. The van der Waals surface area contributed by atoms with Gasteiger partial charge in [-0.25, -0.2) is 4.79 Å². The summed E-state index contributed by atoms with van der Waals surface area (Å²) in [6.07, 6.45) is 8.32. The van der Waals surface area contributed by atoms with Crippen LogP contribution >= 0.6 is 0 Å². The van der Waals surface area contributed by atoms with E-state index in [2.05, 4.69) is 17.2 Å². The Hall–Kier alpha value is -2.17. The van der Waals surface area contributed by atoms with Gasteiger partial charge in [-0.3, -0.25) is 9.78 Å². The largest absolute Gasteiger partial charge is 0.478 e. The van der Waals surface area contributed by atoms with Crippen LogP contribution < -0.4 is 5.32 Å². The molecule has 112 valence electrons. The summed E-state index contributed by atoms with van der Waals surface area (Å²) in [5.74, 6) is -0.428. The van der Waals surface area contributed by atoms with Crippen LogP contribution in [0.2, 0.25) is 0 Å². The average molecular weight is 288 g/mol. The zero-order valence-corrected chi connectivity index (χ0v) is 12.1. The minimum atomic E-state index is -1.01. The van der Waals surface area contributed by atoms with Crippen LogP contribution in [0.3, 0.4) is 0 Å². The predicted octanol–water partition coefficient (Wildman–Crippen LogP) is 2.49. The van der Waals surface area contributed by atoms with Crippen molar-refractivity contribution in [1.82, 2.24) is 10.3 Å². The maximum Gasteiger partial charge on any atom is 0.328 e. The molecule has 1 aromatic rings. The second-order valence-electron chi connectivity index (χ2n) is 5.58.